The highest BCUT2D eigenvalue weighted by molar-refractivity contribution is 5.86. The Morgan fingerprint density at radius 2 is 0.0351 bits per heavy atom. The SMILES string of the molecule is Cl.Cl.Cl.Cl.Cl.Cl.N.N.N.N.N.N.N.N.N.N.N.N.N.N.N.N.N.N.N.N.N.N.N.N.N.N.N.N.N.N.N.N.N.N.N.N.N.N.N.N.N.N.N.N.N.N.N.N.N.N.N. The molecule has 0 rings (SSSR count). The fraction of sp³-hybridized carbons (Fsp3) is 0. The van der Waals surface area contributed by atoms with E-state index in [1.54, 1.807) is 0 Å². The molecule has 0 heterocycles. The van der Waals surface area contributed by atoms with Crippen molar-refractivity contribution < 1.29 is 0 Å². The predicted molar refractivity (Wildman–Crippen MR) is 300 cm³/mol. The standard InChI is InChI=1S/6ClH.51H3N/h6*1H;51*1H3. The Morgan fingerprint density at radius 1 is 0.0351 bits per heavy atom. The molecule has 0 saturated heterocycles. The second kappa shape index (κ2) is 1850000. The molecule has 57 heavy (non-hydrogen) atoms. The van der Waals surface area contributed by atoms with Gasteiger partial charge in [0, 0.05) is 0 Å². The summed E-state index contributed by atoms with van der Waals surface area (Å²) in [5, 5.41) is 0. The van der Waals surface area contributed by atoms with Crippen molar-refractivity contribution >= 4 is 74.4 Å². The van der Waals surface area contributed by atoms with E-state index in [0.29, 0.717) is 0 Å². The van der Waals surface area contributed by atoms with Gasteiger partial charge in [0.15, 0.2) is 0 Å². The van der Waals surface area contributed by atoms with Crippen molar-refractivity contribution in [2.75, 3.05) is 0 Å². The van der Waals surface area contributed by atoms with Crippen LogP contribution >= 0.6 is 74.4 Å². The van der Waals surface area contributed by atoms with Crippen LogP contribution in [-0.4, -0.2) is 0 Å². The highest BCUT2D eigenvalue weighted by atomic mass is 35.5. The van der Waals surface area contributed by atoms with Crippen LogP contribution in [0.15, 0.2) is 0 Å². The summed E-state index contributed by atoms with van der Waals surface area (Å²) in [5.41, 5.74) is 0. The molecule has 0 aromatic carbocycles. The van der Waals surface area contributed by atoms with Crippen LogP contribution in [0, 0.1) is 0 Å². The van der Waals surface area contributed by atoms with Gasteiger partial charge in [-0.1, -0.05) is 0 Å². The molecule has 0 aliphatic carbocycles. The van der Waals surface area contributed by atoms with Crippen LogP contribution in [0.2, 0.25) is 0 Å². The van der Waals surface area contributed by atoms with E-state index >= 15 is 0 Å². The maximum Gasteiger partial charge on any atom is -0.147 e. The zero-order chi connectivity index (χ0) is 0. The highest BCUT2D eigenvalue weighted by Crippen LogP contribution is 0.695. The first-order chi connectivity index (χ1) is 0. The lowest BCUT2D eigenvalue weighted by atomic mass is 14.0. The number of rotatable bonds is 0. The minimum absolute atomic E-state index is 0. The molecule has 0 aromatic heterocycles. The Kier molecular flexibility index (Phi) is 63500000000. The summed E-state index contributed by atoms with van der Waals surface area (Å²) < 4.78 is 0. The van der Waals surface area contributed by atoms with E-state index in [4.69, 9.17) is 0 Å². The maximum absolute atomic E-state index is 0. The van der Waals surface area contributed by atoms with Crippen LogP contribution in [0.5, 0.6) is 0 Å². The Hall–Kier alpha value is -0.300. The topological polar surface area (TPSA) is 1780 Å². The molecule has 0 atom stereocenters. The molecule has 153 N–H and O–H groups in total. The molecule has 0 aliphatic rings. The highest BCUT2D eigenvalue weighted by Gasteiger charge is -0.140. The van der Waals surface area contributed by atoms with Crippen molar-refractivity contribution in [3.63, 3.8) is 0 Å². The van der Waals surface area contributed by atoms with Crippen LogP contribution in [0.4, 0.5) is 0 Å². The van der Waals surface area contributed by atoms with Gasteiger partial charge in [-0.05, 0) is 0 Å². The summed E-state index contributed by atoms with van der Waals surface area (Å²) in [4.78, 5) is 0. The summed E-state index contributed by atoms with van der Waals surface area (Å²) >= 11 is 0. The van der Waals surface area contributed by atoms with Crippen molar-refractivity contribution in [3.05, 3.63) is 0 Å². The third-order valence-corrected chi connectivity index (χ3v) is 0. The Balaban J connectivity index is 0. The average Bonchev–Trinajstić information content (AvgIpc) is 0. The van der Waals surface area contributed by atoms with Crippen LogP contribution in [0.25, 0.3) is 0 Å². The lowest BCUT2D eigenvalue weighted by Crippen LogP contribution is -0.482. The summed E-state index contributed by atoms with van der Waals surface area (Å²) in [6.07, 6.45) is 0. The molecule has 0 fully saturated rings. The number of hydrogen-bond donors (Lipinski definition) is 51. The van der Waals surface area contributed by atoms with E-state index in [0.717, 1.165) is 0 Å². The van der Waals surface area contributed by atoms with Gasteiger partial charge in [0.05, 0.1) is 0 Å². The Labute approximate surface area is 387 Å². The maximum atomic E-state index is 0. The second-order valence-corrected chi connectivity index (χ2v) is 0. The smallest absolute Gasteiger partial charge is 0.147 e. The normalized spacial score (nSPS) is 0. The first-order valence-corrected chi connectivity index (χ1v) is 0. The van der Waals surface area contributed by atoms with Gasteiger partial charge in [0.25, 0.3) is 0 Å². The molecule has 0 radical (unpaired) electrons. The Morgan fingerprint density at radius 3 is 0.0351 bits per heavy atom. The summed E-state index contributed by atoms with van der Waals surface area (Å²) in [5.74, 6) is 0. The van der Waals surface area contributed by atoms with E-state index in [1.807, 2.05) is 0 Å². The molecule has 0 aliphatic heterocycles. The van der Waals surface area contributed by atoms with Gasteiger partial charge in [-0.15, -0.1) is 74.4 Å². The third kappa shape index (κ3) is 1780000. The average molecular weight is 1090 g/mol. The van der Waals surface area contributed by atoms with Crippen LogP contribution in [-0.2, 0) is 0 Å². The van der Waals surface area contributed by atoms with Gasteiger partial charge < -0.3 is 314 Å². The van der Waals surface area contributed by atoms with Crippen LogP contribution in [0.3, 0.4) is 0 Å². The van der Waals surface area contributed by atoms with E-state index < -0.39 is 0 Å². The molecule has 0 bridgehead atoms. The van der Waals surface area contributed by atoms with Crippen LogP contribution in [0.1, 0.15) is 0 Å². The quantitative estimate of drug-likeness (QED) is 0.107. The van der Waals surface area contributed by atoms with E-state index in [1.165, 1.54) is 0 Å². The fourth-order valence-electron chi connectivity index (χ4n) is 0. The molecular weight excluding hydrogens is 927 g/mol. The van der Waals surface area contributed by atoms with Gasteiger partial charge >= 0.3 is 0 Å². The zero-order valence-corrected chi connectivity index (χ0v) is 43.4. The fourth-order valence-corrected chi connectivity index (χ4v) is 0. The predicted octanol–water partition coefficient (Wildman–Crippen LogP) is 10.8. The molecular formula is H159Cl6N51. The summed E-state index contributed by atoms with van der Waals surface area (Å²) in [6.45, 7) is 0. The monoisotopic (exact) mass is 1080 g/mol. The van der Waals surface area contributed by atoms with Gasteiger partial charge in [-0.3, -0.25) is 0 Å². The van der Waals surface area contributed by atoms with Crippen molar-refractivity contribution in [1.29, 1.82) is 0 Å². The minimum Gasteiger partial charge on any atom is -0.344 e. The summed E-state index contributed by atoms with van der Waals surface area (Å²) in [7, 11) is 0. The molecule has 0 aromatic rings. The van der Waals surface area contributed by atoms with Gasteiger partial charge in [0.1, 0.15) is 0 Å². The Bertz CT molecular complexity index is 27.7. The molecule has 0 unspecified atom stereocenters. The number of hydrogen-bond acceptors (Lipinski definition) is 51. The van der Waals surface area contributed by atoms with Crippen molar-refractivity contribution in [1.82, 2.24) is 314 Å². The third-order valence-electron chi connectivity index (χ3n) is 0. The van der Waals surface area contributed by atoms with Crippen molar-refractivity contribution in [2.45, 2.75) is 0 Å². The van der Waals surface area contributed by atoms with Gasteiger partial charge in [-0.25, -0.2) is 0 Å². The lowest BCUT2D eigenvalue weighted by molar-refractivity contribution is 2.13. The summed E-state index contributed by atoms with van der Waals surface area (Å²) in [6, 6.07) is 0. The molecule has 0 saturated carbocycles. The van der Waals surface area contributed by atoms with E-state index in [9.17, 15) is 0 Å². The molecule has 456 valence electrons. The van der Waals surface area contributed by atoms with Gasteiger partial charge in [0.2, 0.25) is 0 Å². The van der Waals surface area contributed by atoms with Crippen molar-refractivity contribution in [3.8, 4) is 0 Å². The molecule has 0 amide bonds. The minimum atomic E-state index is 0. The lowest BCUT2D eigenvalue weighted by Gasteiger charge is -0.345. The zero-order valence-electron chi connectivity index (χ0n) is 38.5. The molecule has 0 spiro atoms. The van der Waals surface area contributed by atoms with Gasteiger partial charge in [-0.2, -0.15) is 0 Å². The second-order valence-electron chi connectivity index (χ2n) is 0. The van der Waals surface area contributed by atoms with E-state index in [2.05, 4.69) is 0 Å². The van der Waals surface area contributed by atoms with E-state index in [-0.39, 0.29) is 388 Å². The first-order valence-electron chi connectivity index (χ1n) is 0. The molecule has 57 heteroatoms. The molecule has 51 nitrogen and oxygen atoms in total. The van der Waals surface area contributed by atoms with Crippen molar-refractivity contribution in [2.24, 2.45) is 0 Å². The van der Waals surface area contributed by atoms with Crippen LogP contribution < -0.4 is 314 Å². The number of halogens is 6. The first kappa shape index (κ1) is 1950000. The largest absolute Gasteiger partial charge is 0.344 e.